The van der Waals surface area contributed by atoms with E-state index in [2.05, 4.69) is 9.18 Å². The molecule has 11 heteroatoms. The van der Waals surface area contributed by atoms with Crippen molar-refractivity contribution in [3.8, 4) is 0 Å². The Balaban J connectivity index is 1.75. The number of carbonyl (C=O) groups excluding carboxylic acids is 1. The van der Waals surface area contributed by atoms with Crippen LogP contribution in [-0.2, 0) is 20.9 Å². The molecular weight excluding hydrogens is 417 g/mol. The number of hydrogen-bond acceptors (Lipinski definition) is 6. The highest BCUT2D eigenvalue weighted by Gasteiger charge is 2.50. The normalized spacial score (nSPS) is 18.0. The van der Waals surface area contributed by atoms with Crippen LogP contribution in [0.4, 0.5) is 18.9 Å². The lowest BCUT2D eigenvalue weighted by atomic mass is 9.94. The summed E-state index contributed by atoms with van der Waals surface area (Å²) in [6.07, 6.45) is 0. The highest BCUT2D eigenvalue weighted by Crippen LogP contribution is 2.37. The molecule has 1 amide bonds. The summed E-state index contributed by atoms with van der Waals surface area (Å²) in [5, 5.41) is 1.68. The van der Waals surface area contributed by atoms with Crippen molar-refractivity contribution in [2.45, 2.75) is 12.1 Å². The monoisotopic (exact) mass is 432 g/mol. The molecule has 0 radical (unpaired) electrons. The van der Waals surface area contributed by atoms with Crippen LogP contribution in [0.2, 0.25) is 0 Å². The number of hydrogen-bond donors (Lipinski definition) is 0. The lowest BCUT2D eigenvalue weighted by Gasteiger charge is -2.32. The molecule has 0 N–H and O–H groups in total. The molecule has 1 saturated heterocycles. The van der Waals surface area contributed by atoms with Gasteiger partial charge in [0.1, 0.15) is 0 Å². The number of carbonyl (C=O) groups is 1. The second-order valence-electron chi connectivity index (χ2n) is 6.39. The Morgan fingerprint density at radius 1 is 1.07 bits per heavy atom. The van der Waals surface area contributed by atoms with Crippen molar-refractivity contribution in [2.75, 3.05) is 29.5 Å². The van der Waals surface area contributed by atoms with Gasteiger partial charge in [-0.15, -0.1) is 4.28 Å². The summed E-state index contributed by atoms with van der Waals surface area (Å²) >= 11 is 1.86. The minimum atomic E-state index is -5.93. The van der Waals surface area contributed by atoms with E-state index < -0.39 is 28.1 Å². The predicted octanol–water partition coefficient (Wildman–Crippen LogP) is 3.13. The van der Waals surface area contributed by atoms with Crippen LogP contribution in [0.25, 0.3) is 10.8 Å². The Bertz CT molecular complexity index is 1050. The highest BCUT2D eigenvalue weighted by atomic mass is 32.2. The Kier molecular flexibility index (Phi) is 4.71. The molecule has 0 saturated carbocycles. The van der Waals surface area contributed by atoms with E-state index in [9.17, 15) is 26.4 Å². The van der Waals surface area contributed by atoms with Crippen molar-refractivity contribution in [3.63, 3.8) is 0 Å². The lowest BCUT2D eigenvalue weighted by molar-refractivity contribution is -0.0886. The average molecular weight is 432 g/mol. The van der Waals surface area contributed by atoms with Crippen LogP contribution >= 0.6 is 11.8 Å². The van der Waals surface area contributed by atoms with Gasteiger partial charge in [-0.2, -0.15) is 38.4 Å². The van der Waals surface area contributed by atoms with Crippen LogP contribution in [0.5, 0.6) is 0 Å². The van der Waals surface area contributed by atoms with E-state index in [0.29, 0.717) is 10.9 Å². The third kappa shape index (κ3) is 3.20. The first-order chi connectivity index (χ1) is 13.2. The number of rotatable bonds is 3. The third-order valence-corrected chi connectivity index (χ3v) is 6.58. The van der Waals surface area contributed by atoms with Gasteiger partial charge in [0.15, 0.2) is 0 Å². The van der Waals surface area contributed by atoms with Gasteiger partial charge in [-0.1, -0.05) is 18.2 Å². The molecular formula is C17H15F3N2O4S2. The number of anilines is 1. The average Bonchev–Trinajstić information content (AvgIpc) is 2.65. The van der Waals surface area contributed by atoms with Crippen LogP contribution in [0.3, 0.4) is 0 Å². The molecule has 150 valence electrons. The minimum Gasteiger partial charge on any atom is -0.369 e. The van der Waals surface area contributed by atoms with Gasteiger partial charge in [0.25, 0.3) is 5.91 Å². The number of benzene rings is 2. The van der Waals surface area contributed by atoms with Crippen molar-refractivity contribution < 1.29 is 30.7 Å². The Morgan fingerprint density at radius 2 is 1.79 bits per heavy atom. The zero-order chi connectivity index (χ0) is 20.1. The SMILES string of the molecule is O=C1c2ccc(N3CCSCC3)c3cccc(c23)CN1OS(=O)(=O)C(F)(F)F. The standard InChI is InChI=1S/C17H15F3N2O4S2/c18-17(19,20)28(24,25)26-22-10-11-2-1-3-12-14(21-6-8-27-9-7-21)5-4-13(15(11)12)16(22)23/h1-5H,6-10H2. The van der Waals surface area contributed by atoms with Gasteiger partial charge < -0.3 is 4.90 Å². The topological polar surface area (TPSA) is 66.9 Å². The molecule has 0 aliphatic carbocycles. The van der Waals surface area contributed by atoms with Gasteiger partial charge in [0.05, 0.1) is 12.1 Å². The first kappa shape index (κ1) is 19.3. The summed E-state index contributed by atoms with van der Waals surface area (Å²) in [5.41, 5.74) is -4.02. The Morgan fingerprint density at radius 3 is 2.46 bits per heavy atom. The summed E-state index contributed by atoms with van der Waals surface area (Å²) in [6.45, 7) is 1.32. The zero-order valence-electron chi connectivity index (χ0n) is 14.4. The molecule has 4 rings (SSSR count). The second-order valence-corrected chi connectivity index (χ2v) is 9.13. The molecule has 2 aromatic rings. The molecule has 0 aromatic heterocycles. The third-order valence-electron chi connectivity index (χ3n) is 4.70. The van der Waals surface area contributed by atoms with Crippen molar-refractivity contribution in [2.24, 2.45) is 0 Å². The van der Waals surface area contributed by atoms with E-state index in [-0.39, 0.29) is 10.6 Å². The number of thioether (sulfide) groups is 1. The molecule has 2 heterocycles. The summed E-state index contributed by atoms with van der Waals surface area (Å²) in [7, 11) is -5.93. The molecule has 2 aliphatic heterocycles. The largest absolute Gasteiger partial charge is 0.525 e. The molecule has 0 unspecified atom stereocenters. The maximum Gasteiger partial charge on any atom is 0.525 e. The van der Waals surface area contributed by atoms with Gasteiger partial charge in [0, 0.05) is 41.1 Å². The number of halogens is 3. The van der Waals surface area contributed by atoms with Crippen molar-refractivity contribution in [1.29, 1.82) is 0 Å². The van der Waals surface area contributed by atoms with E-state index in [0.717, 1.165) is 35.7 Å². The molecule has 2 aliphatic rings. The van der Waals surface area contributed by atoms with E-state index >= 15 is 0 Å². The van der Waals surface area contributed by atoms with Crippen molar-refractivity contribution in [1.82, 2.24) is 5.06 Å². The maximum absolute atomic E-state index is 12.6. The fourth-order valence-electron chi connectivity index (χ4n) is 3.44. The maximum atomic E-state index is 12.6. The molecule has 28 heavy (non-hydrogen) atoms. The molecule has 2 aromatic carbocycles. The van der Waals surface area contributed by atoms with E-state index in [1.165, 1.54) is 6.07 Å². The van der Waals surface area contributed by atoms with Crippen LogP contribution in [0, 0.1) is 0 Å². The van der Waals surface area contributed by atoms with Gasteiger partial charge in [-0.3, -0.25) is 4.79 Å². The Labute approximate surface area is 163 Å². The van der Waals surface area contributed by atoms with Gasteiger partial charge >= 0.3 is 15.6 Å². The number of amides is 1. The van der Waals surface area contributed by atoms with Crippen LogP contribution in [-0.4, -0.2) is 49.5 Å². The zero-order valence-corrected chi connectivity index (χ0v) is 16.0. The summed E-state index contributed by atoms with van der Waals surface area (Å²) in [5.74, 6) is 1.05. The van der Waals surface area contributed by atoms with Gasteiger partial charge in [0.2, 0.25) is 0 Å². The smallest absolute Gasteiger partial charge is 0.369 e. The lowest BCUT2D eigenvalue weighted by Crippen LogP contribution is -2.40. The first-order valence-electron chi connectivity index (χ1n) is 8.39. The predicted molar refractivity (Wildman–Crippen MR) is 99.4 cm³/mol. The molecule has 1 fully saturated rings. The van der Waals surface area contributed by atoms with E-state index in [4.69, 9.17) is 0 Å². The minimum absolute atomic E-state index is 0.115. The quantitative estimate of drug-likeness (QED) is 0.695. The second kappa shape index (κ2) is 6.82. The summed E-state index contributed by atoms with van der Waals surface area (Å²) in [4.78, 5) is 14.9. The van der Waals surface area contributed by atoms with Crippen molar-refractivity contribution >= 4 is 44.2 Å². The number of hydroxylamine groups is 2. The number of nitrogens with zero attached hydrogens (tertiary/aromatic N) is 2. The first-order valence-corrected chi connectivity index (χ1v) is 11.0. The molecule has 0 spiro atoms. The summed E-state index contributed by atoms with van der Waals surface area (Å²) in [6, 6.07) is 8.49. The van der Waals surface area contributed by atoms with Crippen LogP contribution < -0.4 is 4.90 Å². The number of alkyl halides is 3. The summed E-state index contributed by atoms with van der Waals surface area (Å²) < 4.78 is 64.7. The van der Waals surface area contributed by atoms with Crippen LogP contribution in [0.15, 0.2) is 30.3 Å². The highest BCUT2D eigenvalue weighted by molar-refractivity contribution is 7.99. The van der Waals surface area contributed by atoms with E-state index in [1.54, 1.807) is 18.2 Å². The van der Waals surface area contributed by atoms with Gasteiger partial charge in [-0.05, 0) is 17.7 Å². The van der Waals surface area contributed by atoms with Crippen LogP contribution in [0.1, 0.15) is 15.9 Å². The fraction of sp³-hybridized carbons (Fsp3) is 0.353. The molecule has 0 atom stereocenters. The van der Waals surface area contributed by atoms with Crippen molar-refractivity contribution in [3.05, 3.63) is 41.5 Å². The van der Waals surface area contributed by atoms with Gasteiger partial charge in [-0.25, -0.2) is 0 Å². The van der Waals surface area contributed by atoms with E-state index in [1.807, 2.05) is 17.8 Å². The molecule has 0 bridgehead atoms. The Hall–Kier alpha value is -1.98. The molecule has 6 nitrogen and oxygen atoms in total. The fourth-order valence-corrected chi connectivity index (χ4v) is 4.78.